The molecule has 18 heavy (non-hydrogen) atoms. The zero-order chi connectivity index (χ0) is 13.9. The lowest BCUT2D eigenvalue weighted by atomic mass is 10.3. The first-order chi connectivity index (χ1) is 8.29. The molecule has 0 saturated carbocycles. The lowest BCUT2D eigenvalue weighted by molar-refractivity contribution is -0.141. The molecule has 0 saturated heterocycles. The number of halogens is 4. The second-order valence-corrected chi connectivity index (χ2v) is 3.76. The van der Waals surface area contributed by atoms with Gasteiger partial charge in [0.2, 0.25) is 0 Å². The third kappa shape index (κ3) is 3.14. The van der Waals surface area contributed by atoms with Crippen molar-refractivity contribution < 1.29 is 22.7 Å². The Labute approximate surface area is 106 Å². The Morgan fingerprint density at radius 1 is 1.56 bits per heavy atom. The van der Waals surface area contributed by atoms with E-state index >= 15 is 0 Å². The van der Waals surface area contributed by atoms with Crippen molar-refractivity contribution in [2.75, 3.05) is 20.3 Å². The number of hydrogen-bond donors (Lipinski definition) is 1. The number of nitrogens with zero attached hydrogens (tertiary/aromatic N) is 2. The molecule has 0 fully saturated rings. The number of carbonyl (C=O) groups is 1. The van der Waals surface area contributed by atoms with Gasteiger partial charge >= 0.3 is 6.18 Å². The van der Waals surface area contributed by atoms with Gasteiger partial charge in [-0.05, 0) is 0 Å². The molecule has 0 spiro atoms. The van der Waals surface area contributed by atoms with Gasteiger partial charge in [-0.15, -0.1) is 0 Å². The zero-order valence-corrected chi connectivity index (χ0v) is 10.4. The molecule has 1 aromatic heterocycles. The topological polar surface area (TPSA) is 56.1 Å². The van der Waals surface area contributed by atoms with Crippen molar-refractivity contribution in [3.05, 3.63) is 16.4 Å². The molecule has 1 rings (SSSR count). The third-order valence-corrected chi connectivity index (χ3v) is 2.42. The molecule has 1 aromatic rings. The van der Waals surface area contributed by atoms with Gasteiger partial charge in [-0.2, -0.15) is 18.3 Å². The van der Waals surface area contributed by atoms with Gasteiger partial charge in [-0.25, -0.2) is 0 Å². The summed E-state index contributed by atoms with van der Waals surface area (Å²) in [4.78, 5) is 11.6. The number of aromatic nitrogens is 2. The number of methoxy groups -OCH3 is 1. The predicted octanol–water partition coefficient (Wildman–Crippen LogP) is 1.47. The van der Waals surface area contributed by atoms with Gasteiger partial charge in [0.15, 0.2) is 5.69 Å². The minimum atomic E-state index is -4.69. The Balaban J connectivity index is 2.96. The molecule has 0 aliphatic carbocycles. The van der Waals surface area contributed by atoms with Crippen LogP contribution in [0, 0.1) is 0 Å². The summed E-state index contributed by atoms with van der Waals surface area (Å²) in [5.41, 5.74) is -1.61. The molecule has 0 bridgehead atoms. The number of alkyl halides is 3. The molecule has 0 aliphatic rings. The van der Waals surface area contributed by atoms with E-state index in [-0.39, 0.29) is 18.8 Å². The summed E-state index contributed by atoms with van der Waals surface area (Å²) >= 11 is 5.53. The smallest absolute Gasteiger partial charge is 0.383 e. The Kier molecular flexibility index (Phi) is 4.58. The standard InChI is InChI=1S/C9H11ClF3N3O2/c1-16-6(8(17)14-3-4-18-2)5(10)7(15-16)9(11,12)13/h3-4H2,1-2H3,(H,14,17). The van der Waals surface area contributed by atoms with E-state index in [9.17, 15) is 18.0 Å². The molecule has 9 heteroatoms. The number of hydrogen-bond acceptors (Lipinski definition) is 3. The number of aryl methyl sites for hydroxylation is 1. The van der Waals surface area contributed by atoms with Gasteiger partial charge in [-0.1, -0.05) is 11.6 Å². The first-order valence-corrected chi connectivity index (χ1v) is 5.23. The van der Waals surface area contributed by atoms with Crippen LogP contribution in [0.1, 0.15) is 16.2 Å². The van der Waals surface area contributed by atoms with E-state index in [1.54, 1.807) is 0 Å². The van der Waals surface area contributed by atoms with Gasteiger partial charge in [0.25, 0.3) is 5.91 Å². The van der Waals surface area contributed by atoms with E-state index < -0.39 is 22.8 Å². The summed E-state index contributed by atoms with van der Waals surface area (Å²) in [7, 11) is 2.65. The van der Waals surface area contributed by atoms with Crippen LogP contribution in [0.3, 0.4) is 0 Å². The van der Waals surface area contributed by atoms with Crippen LogP contribution in [0.2, 0.25) is 5.02 Å². The van der Waals surface area contributed by atoms with Crippen molar-refractivity contribution in [2.45, 2.75) is 6.18 Å². The first-order valence-electron chi connectivity index (χ1n) is 4.85. The number of amides is 1. The average molecular weight is 286 g/mol. The largest absolute Gasteiger partial charge is 0.436 e. The molecule has 102 valence electrons. The van der Waals surface area contributed by atoms with E-state index in [1.165, 1.54) is 14.2 Å². The van der Waals surface area contributed by atoms with Crippen molar-refractivity contribution in [2.24, 2.45) is 7.05 Å². The van der Waals surface area contributed by atoms with E-state index in [4.69, 9.17) is 16.3 Å². The Morgan fingerprint density at radius 2 is 2.17 bits per heavy atom. The van der Waals surface area contributed by atoms with Gasteiger partial charge in [0.05, 0.1) is 6.61 Å². The summed E-state index contributed by atoms with van der Waals surface area (Å²) in [6, 6.07) is 0. The van der Waals surface area contributed by atoms with Gasteiger partial charge in [0, 0.05) is 20.7 Å². The monoisotopic (exact) mass is 285 g/mol. The SMILES string of the molecule is COCCNC(=O)c1c(Cl)c(C(F)(F)F)nn1C. The highest BCUT2D eigenvalue weighted by Gasteiger charge is 2.39. The second kappa shape index (κ2) is 5.57. The highest BCUT2D eigenvalue weighted by Crippen LogP contribution is 2.35. The summed E-state index contributed by atoms with van der Waals surface area (Å²) in [6.07, 6.45) is -4.69. The highest BCUT2D eigenvalue weighted by molar-refractivity contribution is 6.34. The number of carbonyl (C=O) groups excluding carboxylic acids is 1. The molecule has 5 nitrogen and oxygen atoms in total. The van der Waals surface area contributed by atoms with Crippen LogP contribution in [-0.2, 0) is 18.0 Å². The van der Waals surface area contributed by atoms with Crippen molar-refractivity contribution >= 4 is 17.5 Å². The van der Waals surface area contributed by atoms with Crippen LogP contribution < -0.4 is 5.32 Å². The fraction of sp³-hybridized carbons (Fsp3) is 0.556. The molecular formula is C9H11ClF3N3O2. The minimum absolute atomic E-state index is 0.165. The molecule has 0 aromatic carbocycles. The minimum Gasteiger partial charge on any atom is -0.383 e. The fourth-order valence-corrected chi connectivity index (χ4v) is 1.63. The summed E-state index contributed by atoms with van der Waals surface area (Å²) in [5.74, 6) is -0.734. The van der Waals surface area contributed by atoms with Crippen LogP contribution in [0.25, 0.3) is 0 Å². The molecule has 0 radical (unpaired) electrons. The Morgan fingerprint density at radius 3 is 2.61 bits per heavy atom. The van der Waals surface area contributed by atoms with Crippen molar-refractivity contribution in [1.82, 2.24) is 15.1 Å². The van der Waals surface area contributed by atoms with Crippen molar-refractivity contribution in [1.29, 1.82) is 0 Å². The maximum absolute atomic E-state index is 12.5. The Bertz CT molecular complexity index is 445. The quantitative estimate of drug-likeness (QED) is 0.852. The zero-order valence-electron chi connectivity index (χ0n) is 9.64. The van der Waals surface area contributed by atoms with E-state index in [2.05, 4.69) is 10.4 Å². The van der Waals surface area contributed by atoms with Gasteiger partial charge in [0.1, 0.15) is 10.7 Å². The maximum Gasteiger partial charge on any atom is 0.436 e. The van der Waals surface area contributed by atoms with Crippen LogP contribution in [0.15, 0.2) is 0 Å². The fourth-order valence-electron chi connectivity index (χ4n) is 1.28. The molecular weight excluding hydrogens is 275 g/mol. The molecule has 0 atom stereocenters. The predicted molar refractivity (Wildman–Crippen MR) is 57.4 cm³/mol. The lowest BCUT2D eigenvalue weighted by Crippen LogP contribution is -2.28. The number of ether oxygens (including phenoxy) is 1. The first kappa shape index (κ1) is 14.8. The van der Waals surface area contributed by atoms with Crippen molar-refractivity contribution in [3.8, 4) is 0 Å². The molecule has 0 aliphatic heterocycles. The van der Waals surface area contributed by atoms with Gasteiger partial charge < -0.3 is 10.1 Å². The summed E-state index contributed by atoms with van der Waals surface area (Å²) in [6.45, 7) is 0.408. The summed E-state index contributed by atoms with van der Waals surface area (Å²) in [5, 5.41) is 4.86. The number of rotatable bonds is 4. The van der Waals surface area contributed by atoms with Crippen molar-refractivity contribution in [3.63, 3.8) is 0 Å². The molecule has 1 amide bonds. The van der Waals surface area contributed by atoms with E-state index in [1.807, 2.05) is 0 Å². The summed E-state index contributed by atoms with van der Waals surface area (Å²) < 4.78 is 43.0. The second-order valence-electron chi connectivity index (χ2n) is 3.38. The highest BCUT2D eigenvalue weighted by atomic mass is 35.5. The third-order valence-electron chi connectivity index (χ3n) is 2.06. The normalized spacial score (nSPS) is 11.7. The molecule has 1 N–H and O–H groups in total. The van der Waals surface area contributed by atoms with E-state index in [0.29, 0.717) is 0 Å². The van der Waals surface area contributed by atoms with Crippen LogP contribution >= 0.6 is 11.6 Å². The molecule has 1 heterocycles. The molecule has 0 unspecified atom stereocenters. The van der Waals surface area contributed by atoms with Crippen LogP contribution in [0.5, 0.6) is 0 Å². The van der Waals surface area contributed by atoms with Crippen LogP contribution in [0.4, 0.5) is 13.2 Å². The van der Waals surface area contributed by atoms with E-state index in [0.717, 1.165) is 4.68 Å². The average Bonchev–Trinajstić information content (AvgIpc) is 2.54. The van der Waals surface area contributed by atoms with Gasteiger partial charge in [-0.3, -0.25) is 9.48 Å². The number of nitrogens with one attached hydrogen (secondary N) is 1. The lowest BCUT2D eigenvalue weighted by Gasteiger charge is -2.05. The maximum atomic E-state index is 12.5. The van der Waals surface area contributed by atoms with Crippen LogP contribution in [-0.4, -0.2) is 35.9 Å². The Hall–Kier alpha value is -1.28.